The molecular weight excluding hydrogens is 278 g/mol. The zero-order valence-electron chi connectivity index (χ0n) is 12.6. The Morgan fingerprint density at radius 1 is 1.23 bits per heavy atom. The molecule has 112 valence electrons. The van der Waals surface area contributed by atoms with Gasteiger partial charge in [-0.3, -0.25) is 0 Å². The van der Waals surface area contributed by atoms with Crippen LogP contribution in [0.4, 0.5) is 0 Å². The molecule has 3 aromatic rings. The molecule has 2 aromatic heterocycles. The molecule has 2 heterocycles. The van der Waals surface area contributed by atoms with E-state index in [9.17, 15) is 9.90 Å². The molecule has 0 bridgehead atoms. The highest BCUT2D eigenvalue weighted by molar-refractivity contribution is 5.89. The first-order chi connectivity index (χ1) is 10.6. The predicted molar refractivity (Wildman–Crippen MR) is 84.1 cm³/mol. The van der Waals surface area contributed by atoms with Gasteiger partial charge in [0.2, 0.25) is 0 Å². The van der Waals surface area contributed by atoms with E-state index < -0.39 is 5.97 Å². The van der Waals surface area contributed by atoms with Gasteiger partial charge >= 0.3 is 5.97 Å². The topological polar surface area (TPSA) is 68.0 Å². The van der Waals surface area contributed by atoms with Crippen molar-refractivity contribution in [2.45, 2.75) is 26.8 Å². The molecule has 0 fully saturated rings. The average molecular weight is 295 g/mol. The molecule has 0 aliphatic rings. The standard InChI is InChI=1S/C17H17N3O2/c1-3-14-19-15-11(2)9-13(17(21)22)18-16(15)20(14)10-12-7-5-4-6-8-12/h4-9H,3,10H2,1-2H3,(H,21,22). The highest BCUT2D eigenvalue weighted by Crippen LogP contribution is 2.21. The van der Waals surface area contributed by atoms with Gasteiger partial charge in [0.05, 0.1) is 6.54 Å². The van der Waals surface area contributed by atoms with Gasteiger partial charge in [0.1, 0.15) is 11.3 Å². The zero-order valence-corrected chi connectivity index (χ0v) is 12.6. The van der Waals surface area contributed by atoms with Crippen molar-refractivity contribution in [1.29, 1.82) is 0 Å². The van der Waals surface area contributed by atoms with Crippen molar-refractivity contribution in [3.05, 3.63) is 59.0 Å². The summed E-state index contributed by atoms with van der Waals surface area (Å²) in [7, 11) is 0. The number of hydrogen-bond donors (Lipinski definition) is 1. The fourth-order valence-electron chi connectivity index (χ4n) is 2.60. The van der Waals surface area contributed by atoms with Gasteiger partial charge in [0.15, 0.2) is 11.3 Å². The third kappa shape index (κ3) is 2.45. The van der Waals surface area contributed by atoms with E-state index in [1.54, 1.807) is 6.07 Å². The van der Waals surface area contributed by atoms with Gasteiger partial charge in [0, 0.05) is 6.42 Å². The van der Waals surface area contributed by atoms with Gasteiger partial charge in [-0.05, 0) is 24.1 Å². The number of aromatic carboxylic acids is 1. The number of aromatic nitrogens is 3. The van der Waals surface area contributed by atoms with Gasteiger partial charge in [-0.25, -0.2) is 14.8 Å². The molecular formula is C17H17N3O2. The molecule has 1 aromatic carbocycles. The zero-order chi connectivity index (χ0) is 15.7. The number of rotatable bonds is 4. The summed E-state index contributed by atoms with van der Waals surface area (Å²) in [6.07, 6.45) is 0.769. The summed E-state index contributed by atoms with van der Waals surface area (Å²) in [5, 5.41) is 9.22. The van der Waals surface area contributed by atoms with E-state index in [1.165, 1.54) is 0 Å². The molecule has 0 saturated heterocycles. The van der Waals surface area contributed by atoms with E-state index in [4.69, 9.17) is 0 Å². The molecule has 0 spiro atoms. The Bertz CT molecular complexity index is 838. The van der Waals surface area contributed by atoms with Crippen molar-refractivity contribution < 1.29 is 9.90 Å². The Hall–Kier alpha value is -2.69. The van der Waals surface area contributed by atoms with Gasteiger partial charge in [-0.2, -0.15) is 0 Å². The summed E-state index contributed by atoms with van der Waals surface area (Å²) in [5.74, 6) is -0.104. The number of imidazole rings is 1. The Morgan fingerprint density at radius 2 is 1.95 bits per heavy atom. The molecule has 1 N–H and O–H groups in total. The second-order valence-corrected chi connectivity index (χ2v) is 5.26. The van der Waals surface area contributed by atoms with Crippen LogP contribution in [0.5, 0.6) is 0 Å². The third-order valence-corrected chi connectivity index (χ3v) is 3.69. The normalized spacial score (nSPS) is 11.0. The van der Waals surface area contributed by atoms with Crippen LogP contribution in [0.25, 0.3) is 11.2 Å². The fraction of sp³-hybridized carbons (Fsp3) is 0.235. The van der Waals surface area contributed by atoms with E-state index in [0.29, 0.717) is 12.2 Å². The lowest BCUT2D eigenvalue weighted by molar-refractivity contribution is 0.0690. The minimum absolute atomic E-state index is 0.0573. The number of carboxylic acids is 1. The van der Waals surface area contributed by atoms with Crippen LogP contribution in [0.2, 0.25) is 0 Å². The van der Waals surface area contributed by atoms with E-state index >= 15 is 0 Å². The summed E-state index contributed by atoms with van der Waals surface area (Å²) >= 11 is 0. The van der Waals surface area contributed by atoms with Gasteiger partial charge in [0.25, 0.3) is 0 Å². The molecule has 0 radical (unpaired) electrons. The van der Waals surface area contributed by atoms with Crippen LogP contribution >= 0.6 is 0 Å². The van der Waals surface area contributed by atoms with Crippen LogP contribution in [0.15, 0.2) is 36.4 Å². The van der Waals surface area contributed by atoms with Crippen molar-refractivity contribution in [2.75, 3.05) is 0 Å². The van der Waals surface area contributed by atoms with Crippen molar-refractivity contribution in [3.63, 3.8) is 0 Å². The Balaban J connectivity index is 2.20. The van der Waals surface area contributed by atoms with Crippen LogP contribution < -0.4 is 0 Å². The van der Waals surface area contributed by atoms with Crippen molar-refractivity contribution >= 4 is 17.1 Å². The smallest absolute Gasteiger partial charge is 0.354 e. The SMILES string of the molecule is CCc1nc2c(C)cc(C(=O)O)nc2n1Cc1ccccc1. The van der Waals surface area contributed by atoms with Crippen LogP contribution in [0.1, 0.15) is 34.4 Å². The molecule has 3 rings (SSSR count). The average Bonchev–Trinajstić information content (AvgIpc) is 2.87. The van der Waals surface area contributed by atoms with Crippen molar-refractivity contribution in [1.82, 2.24) is 14.5 Å². The maximum atomic E-state index is 11.3. The highest BCUT2D eigenvalue weighted by Gasteiger charge is 2.16. The van der Waals surface area contributed by atoms with Gasteiger partial charge < -0.3 is 9.67 Å². The van der Waals surface area contributed by atoms with Crippen LogP contribution in [0.3, 0.4) is 0 Å². The molecule has 0 atom stereocenters. The van der Waals surface area contributed by atoms with Gasteiger partial charge in [-0.1, -0.05) is 37.3 Å². The summed E-state index contributed by atoms with van der Waals surface area (Å²) in [4.78, 5) is 20.2. The van der Waals surface area contributed by atoms with E-state index in [-0.39, 0.29) is 5.69 Å². The lowest BCUT2D eigenvalue weighted by atomic mass is 10.2. The molecule has 22 heavy (non-hydrogen) atoms. The minimum atomic E-state index is -1.02. The molecule has 0 aliphatic carbocycles. The Kier molecular flexibility index (Phi) is 3.63. The van der Waals surface area contributed by atoms with E-state index in [0.717, 1.165) is 28.9 Å². The molecule has 5 heteroatoms. The van der Waals surface area contributed by atoms with E-state index in [1.807, 2.05) is 48.7 Å². The molecule has 0 amide bonds. The largest absolute Gasteiger partial charge is 0.477 e. The Labute approximate surface area is 128 Å². The second kappa shape index (κ2) is 5.60. The second-order valence-electron chi connectivity index (χ2n) is 5.26. The monoisotopic (exact) mass is 295 g/mol. The first-order valence-electron chi connectivity index (χ1n) is 7.24. The number of carboxylic acid groups (broad SMARTS) is 1. The summed E-state index contributed by atoms with van der Waals surface area (Å²) < 4.78 is 2.00. The Morgan fingerprint density at radius 3 is 2.59 bits per heavy atom. The molecule has 0 aliphatic heterocycles. The number of nitrogens with zero attached hydrogens (tertiary/aromatic N) is 3. The first kappa shape index (κ1) is 14.3. The number of hydrogen-bond acceptors (Lipinski definition) is 3. The summed E-state index contributed by atoms with van der Waals surface area (Å²) in [5.41, 5.74) is 3.44. The quantitative estimate of drug-likeness (QED) is 0.803. The number of pyridine rings is 1. The number of aryl methyl sites for hydroxylation is 2. The lowest BCUT2D eigenvalue weighted by Crippen LogP contribution is -2.07. The van der Waals surface area contributed by atoms with Crippen LogP contribution in [-0.2, 0) is 13.0 Å². The van der Waals surface area contributed by atoms with E-state index in [2.05, 4.69) is 9.97 Å². The minimum Gasteiger partial charge on any atom is -0.477 e. The van der Waals surface area contributed by atoms with Gasteiger partial charge in [-0.15, -0.1) is 0 Å². The molecule has 0 saturated carbocycles. The van der Waals surface area contributed by atoms with Crippen molar-refractivity contribution in [3.8, 4) is 0 Å². The lowest BCUT2D eigenvalue weighted by Gasteiger charge is -2.08. The predicted octanol–water partition coefficient (Wildman–Crippen LogP) is 3.05. The number of benzene rings is 1. The van der Waals surface area contributed by atoms with Crippen LogP contribution in [-0.4, -0.2) is 25.6 Å². The summed E-state index contributed by atoms with van der Waals surface area (Å²) in [6, 6.07) is 11.6. The number of fused-ring (bicyclic) bond motifs is 1. The highest BCUT2D eigenvalue weighted by atomic mass is 16.4. The maximum Gasteiger partial charge on any atom is 0.354 e. The third-order valence-electron chi connectivity index (χ3n) is 3.69. The van der Waals surface area contributed by atoms with Crippen molar-refractivity contribution in [2.24, 2.45) is 0 Å². The molecule has 5 nitrogen and oxygen atoms in total. The first-order valence-corrected chi connectivity index (χ1v) is 7.24. The maximum absolute atomic E-state index is 11.3. The number of carbonyl (C=O) groups is 1. The van der Waals surface area contributed by atoms with Crippen LogP contribution in [0, 0.1) is 6.92 Å². The fourth-order valence-corrected chi connectivity index (χ4v) is 2.60. The summed E-state index contributed by atoms with van der Waals surface area (Å²) in [6.45, 7) is 4.54. The molecule has 0 unspecified atom stereocenters.